The molecule has 0 spiro atoms. The molecular formula is C21H18N4O5S. The van der Waals surface area contributed by atoms with Crippen LogP contribution in [0, 0.1) is 0 Å². The van der Waals surface area contributed by atoms with Gasteiger partial charge in [0.15, 0.2) is 0 Å². The van der Waals surface area contributed by atoms with Gasteiger partial charge < -0.3 is 10.0 Å². The third-order valence-corrected chi connectivity index (χ3v) is 7.22. The SMILES string of the molecule is CN1C(=O)c2cccc3c(S(=O)(=O)Nc4cc5c(cc4O)n(C)c(=O)n5C)ccc1c23. The highest BCUT2D eigenvalue weighted by molar-refractivity contribution is 7.93. The Morgan fingerprint density at radius 1 is 0.935 bits per heavy atom. The van der Waals surface area contributed by atoms with Gasteiger partial charge in [0.2, 0.25) is 0 Å². The molecule has 0 bridgehead atoms. The first-order chi connectivity index (χ1) is 14.6. The van der Waals surface area contributed by atoms with Gasteiger partial charge in [-0.15, -0.1) is 0 Å². The summed E-state index contributed by atoms with van der Waals surface area (Å²) in [5.41, 5.74) is 1.67. The maximum Gasteiger partial charge on any atom is 0.328 e. The predicted octanol–water partition coefficient (Wildman–Crippen LogP) is 2.13. The maximum atomic E-state index is 13.3. The summed E-state index contributed by atoms with van der Waals surface area (Å²) in [6.07, 6.45) is 0. The number of rotatable bonds is 3. The van der Waals surface area contributed by atoms with Crippen LogP contribution in [0.3, 0.4) is 0 Å². The number of nitrogens with zero attached hydrogens (tertiary/aromatic N) is 3. The Morgan fingerprint density at radius 2 is 1.61 bits per heavy atom. The molecule has 0 atom stereocenters. The average molecular weight is 438 g/mol. The molecule has 0 unspecified atom stereocenters. The number of benzene rings is 3. The summed E-state index contributed by atoms with van der Waals surface area (Å²) in [5.74, 6) is -0.505. The standard InChI is InChI=1S/C21H18N4O5S/c1-23-14-7-8-18(11-5-4-6-12(19(11)14)20(23)27)31(29,30)22-13-9-15-16(10-17(13)26)25(3)21(28)24(15)2/h4-10,22,26H,1-3H3. The second-order valence-electron chi connectivity index (χ2n) is 7.54. The van der Waals surface area contributed by atoms with Gasteiger partial charge in [-0.1, -0.05) is 12.1 Å². The largest absolute Gasteiger partial charge is 0.506 e. The lowest BCUT2D eigenvalue weighted by atomic mass is 10.1. The van der Waals surface area contributed by atoms with E-state index in [1.807, 2.05) is 0 Å². The van der Waals surface area contributed by atoms with Crippen LogP contribution in [0.15, 0.2) is 52.2 Å². The van der Waals surface area contributed by atoms with Crippen molar-refractivity contribution in [2.24, 2.45) is 14.1 Å². The van der Waals surface area contributed by atoms with E-state index in [9.17, 15) is 23.1 Å². The van der Waals surface area contributed by atoms with Gasteiger partial charge in [-0.2, -0.15) is 0 Å². The summed E-state index contributed by atoms with van der Waals surface area (Å²) >= 11 is 0. The van der Waals surface area contributed by atoms with Crippen molar-refractivity contribution in [3.05, 3.63) is 58.5 Å². The number of nitrogens with one attached hydrogen (secondary N) is 1. The molecule has 9 nitrogen and oxygen atoms in total. The predicted molar refractivity (Wildman–Crippen MR) is 117 cm³/mol. The lowest BCUT2D eigenvalue weighted by molar-refractivity contribution is 0.0999. The first kappa shape index (κ1) is 19.2. The molecule has 0 aliphatic carbocycles. The van der Waals surface area contributed by atoms with Crippen LogP contribution in [0.4, 0.5) is 11.4 Å². The Bertz CT molecular complexity index is 1610. The zero-order chi connectivity index (χ0) is 22.2. The first-order valence-electron chi connectivity index (χ1n) is 9.37. The molecule has 1 aliphatic rings. The number of sulfonamides is 1. The van der Waals surface area contributed by atoms with Crippen LogP contribution in [-0.2, 0) is 24.1 Å². The number of imidazole rings is 1. The summed E-state index contributed by atoms with van der Waals surface area (Å²) in [4.78, 5) is 26.1. The minimum absolute atomic E-state index is 0.0161. The highest BCUT2D eigenvalue weighted by atomic mass is 32.2. The number of amides is 1. The Kier molecular flexibility index (Phi) is 3.78. The number of fused-ring (bicyclic) bond motifs is 1. The number of carbonyl (C=O) groups is 1. The average Bonchev–Trinajstić information content (AvgIpc) is 3.10. The third-order valence-electron chi connectivity index (χ3n) is 5.80. The second kappa shape index (κ2) is 6.11. The summed E-state index contributed by atoms with van der Waals surface area (Å²) in [7, 11) is 0.653. The van der Waals surface area contributed by atoms with Gasteiger partial charge in [0.05, 0.1) is 27.3 Å². The molecule has 5 rings (SSSR count). The minimum atomic E-state index is -4.12. The van der Waals surface area contributed by atoms with Gasteiger partial charge in [0.1, 0.15) is 5.75 Å². The molecule has 1 aliphatic heterocycles. The van der Waals surface area contributed by atoms with E-state index in [0.717, 1.165) is 0 Å². The van der Waals surface area contributed by atoms with E-state index in [1.54, 1.807) is 45.4 Å². The normalized spacial score (nSPS) is 13.5. The van der Waals surface area contributed by atoms with E-state index >= 15 is 0 Å². The molecule has 3 aromatic carbocycles. The van der Waals surface area contributed by atoms with E-state index in [1.165, 1.54) is 32.2 Å². The highest BCUT2D eigenvalue weighted by Crippen LogP contribution is 2.40. The quantitative estimate of drug-likeness (QED) is 0.476. The minimum Gasteiger partial charge on any atom is -0.506 e. The number of aryl methyl sites for hydroxylation is 2. The third kappa shape index (κ3) is 2.51. The lowest BCUT2D eigenvalue weighted by Gasteiger charge is -2.14. The molecule has 0 fully saturated rings. The van der Waals surface area contributed by atoms with Crippen LogP contribution in [-0.4, -0.2) is 35.6 Å². The molecule has 2 heterocycles. The summed E-state index contributed by atoms with van der Waals surface area (Å²) < 4.78 is 31.7. The van der Waals surface area contributed by atoms with Crippen molar-refractivity contribution >= 4 is 49.1 Å². The van der Waals surface area contributed by atoms with Gasteiger partial charge in [0.25, 0.3) is 15.9 Å². The summed E-state index contributed by atoms with van der Waals surface area (Å²) in [5, 5.41) is 11.4. The zero-order valence-electron chi connectivity index (χ0n) is 16.9. The van der Waals surface area contributed by atoms with Crippen LogP contribution in [0.1, 0.15) is 10.4 Å². The van der Waals surface area contributed by atoms with Gasteiger partial charge in [-0.25, -0.2) is 13.2 Å². The fourth-order valence-corrected chi connectivity index (χ4v) is 5.43. The Labute approximate surface area is 176 Å². The van der Waals surface area contributed by atoms with E-state index < -0.39 is 10.0 Å². The summed E-state index contributed by atoms with van der Waals surface area (Å²) in [6.45, 7) is 0. The van der Waals surface area contributed by atoms with E-state index in [2.05, 4.69) is 4.72 Å². The van der Waals surface area contributed by atoms with Gasteiger partial charge in [0, 0.05) is 43.5 Å². The highest BCUT2D eigenvalue weighted by Gasteiger charge is 2.30. The number of aromatic nitrogens is 2. The van der Waals surface area contributed by atoms with Gasteiger partial charge in [-0.3, -0.25) is 18.7 Å². The Balaban J connectivity index is 1.68. The Hall–Kier alpha value is -3.79. The van der Waals surface area contributed by atoms with Crippen molar-refractivity contribution in [3.63, 3.8) is 0 Å². The molecule has 1 amide bonds. The number of hydrogen-bond donors (Lipinski definition) is 2. The van der Waals surface area contributed by atoms with Crippen molar-refractivity contribution in [1.82, 2.24) is 9.13 Å². The maximum absolute atomic E-state index is 13.3. The van der Waals surface area contributed by atoms with Crippen molar-refractivity contribution in [1.29, 1.82) is 0 Å². The molecule has 0 saturated carbocycles. The smallest absolute Gasteiger partial charge is 0.328 e. The molecule has 0 saturated heterocycles. The molecule has 31 heavy (non-hydrogen) atoms. The topological polar surface area (TPSA) is 114 Å². The van der Waals surface area contributed by atoms with Crippen LogP contribution < -0.4 is 15.3 Å². The van der Waals surface area contributed by atoms with E-state index in [0.29, 0.717) is 33.1 Å². The van der Waals surface area contributed by atoms with Crippen molar-refractivity contribution in [2.75, 3.05) is 16.7 Å². The van der Waals surface area contributed by atoms with E-state index in [-0.39, 0.29) is 27.9 Å². The molecule has 0 radical (unpaired) electrons. The van der Waals surface area contributed by atoms with Crippen molar-refractivity contribution < 1.29 is 18.3 Å². The molecule has 10 heteroatoms. The second-order valence-corrected chi connectivity index (χ2v) is 9.19. The number of hydrogen-bond acceptors (Lipinski definition) is 5. The van der Waals surface area contributed by atoms with Crippen molar-refractivity contribution in [2.45, 2.75) is 4.90 Å². The molecular weight excluding hydrogens is 420 g/mol. The number of phenols is 1. The van der Waals surface area contributed by atoms with Crippen LogP contribution in [0.25, 0.3) is 21.8 Å². The van der Waals surface area contributed by atoms with Crippen LogP contribution in [0.2, 0.25) is 0 Å². The zero-order valence-corrected chi connectivity index (χ0v) is 17.7. The number of anilines is 2. The number of phenolic OH excluding ortho intramolecular Hbond substituents is 1. The lowest BCUT2D eigenvalue weighted by Crippen LogP contribution is -2.20. The van der Waals surface area contributed by atoms with Crippen molar-refractivity contribution in [3.8, 4) is 5.75 Å². The monoisotopic (exact) mass is 438 g/mol. The molecule has 158 valence electrons. The fraction of sp³-hybridized carbons (Fsp3) is 0.143. The molecule has 2 N–H and O–H groups in total. The van der Waals surface area contributed by atoms with Crippen LogP contribution >= 0.6 is 0 Å². The first-order valence-corrected chi connectivity index (χ1v) is 10.8. The van der Waals surface area contributed by atoms with Crippen LogP contribution in [0.5, 0.6) is 5.75 Å². The fourth-order valence-electron chi connectivity index (χ4n) is 4.16. The van der Waals surface area contributed by atoms with Gasteiger partial charge in [-0.05, 0) is 24.3 Å². The molecule has 1 aromatic heterocycles. The number of aromatic hydroxyl groups is 1. The molecule has 4 aromatic rings. The Morgan fingerprint density at radius 3 is 2.32 bits per heavy atom. The van der Waals surface area contributed by atoms with Gasteiger partial charge >= 0.3 is 5.69 Å². The summed E-state index contributed by atoms with van der Waals surface area (Å²) in [6, 6.07) is 10.7. The van der Waals surface area contributed by atoms with E-state index in [4.69, 9.17) is 0 Å². The number of carbonyl (C=O) groups excluding carboxylic acids is 1.